The van der Waals surface area contributed by atoms with Crippen LogP contribution in [-0.4, -0.2) is 39.9 Å². The van der Waals surface area contributed by atoms with Gasteiger partial charge >= 0.3 is 0 Å². The van der Waals surface area contributed by atoms with Gasteiger partial charge in [-0.15, -0.1) is 23.2 Å². The van der Waals surface area contributed by atoms with Crippen LogP contribution in [0.15, 0.2) is 24.3 Å². The fourth-order valence-corrected chi connectivity index (χ4v) is 2.28. The lowest BCUT2D eigenvalue weighted by molar-refractivity contribution is -1.11. The van der Waals surface area contributed by atoms with Crippen molar-refractivity contribution in [3.8, 4) is 0 Å². The van der Waals surface area contributed by atoms with Crippen molar-refractivity contribution in [3.63, 3.8) is 0 Å². The third-order valence-corrected chi connectivity index (χ3v) is 2.97. The molecule has 7 heteroatoms. The van der Waals surface area contributed by atoms with Crippen molar-refractivity contribution < 1.29 is 15.1 Å². The fourth-order valence-electron chi connectivity index (χ4n) is 1.65. The zero-order valence-corrected chi connectivity index (χ0v) is 11.3. The first-order valence-corrected chi connectivity index (χ1v) is 6.53. The molecule has 0 saturated heterocycles. The largest absolute Gasteiger partial charge is 0.733 e. The van der Waals surface area contributed by atoms with Gasteiger partial charge < -0.3 is 10.4 Å². The summed E-state index contributed by atoms with van der Waals surface area (Å²) >= 11 is 11.3. The maximum absolute atomic E-state index is 10.6. The molecule has 0 unspecified atom stereocenters. The molecule has 0 aromatic heterocycles. The highest BCUT2D eigenvalue weighted by Crippen LogP contribution is 2.17. The molecule has 0 aliphatic rings. The molecule has 1 rings (SSSR count). The Balaban J connectivity index is 2.74. The average Bonchev–Trinajstić information content (AvgIpc) is 2.30. The van der Waals surface area contributed by atoms with Crippen molar-refractivity contribution in [2.75, 3.05) is 30.1 Å². The fraction of sp³-hybridized carbons (Fsp3) is 0.455. The van der Waals surface area contributed by atoms with E-state index in [0.29, 0.717) is 31.4 Å². The first kappa shape index (κ1) is 15.5. The van der Waals surface area contributed by atoms with E-state index in [0.717, 1.165) is 5.56 Å². The molecule has 0 aliphatic carbocycles. The molecule has 1 aromatic rings. The van der Waals surface area contributed by atoms with Crippen LogP contribution in [0.2, 0.25) is 0 Å². The van der Waals surface area contributed by atoms with E-state index in [-0.39, 0.29) is 15.6 Å². The highest BCUT2D eigenvalue weighted by Gasteiger charge is 2.24. The van der Waals surface area contributed by atoms with Gasteiger partial charge in [0.2, 0.25) is 0 Å². The van der Waals surface area contributed by atoms with E-state index < -0.39 is 0 Å². The van der Waals surface area contributed by atoms with E-state index in [9.17, 15) is 10.4 Å². The lowest BCUT2D eigenvalue weighted by atomic mass is 10.2. The average molecular weight is 295 g/mol. The van der Waals surface area contributed by atoms with E-state index in [1.54, 1.807) is 12.1 Å². The first-order chi connectivity index (χ1) is 8.50. The molecule has 0 aliphatic heterocycles. The lowest BCUT2D eigenvalue weighted by Crippen LogP contribution is -2.46. The van der Waals surface area contributed by atoms with Gasteiger partial charge in [-0.2, -0.15) is 4.65 Å². The minimum atomic E-state index is -0.243. The van der Waals surface area contributed by atoms with Crippen LogP contribution in [-0.2, 0) is 6.54 Å². The number of anilines is 1. The number of benzene rings is 1. The van der Waals surface area contributed by atoms with E-state index in [2.05, 4.69) is 0 Å². The molecule has 2 N–H and O–H groups in total. The van der Waals surface area contributed by atoms with Crippen LogP contribution in [0.5, 0.6) is 0 Å². The minimum Gasteiger partial charge on any atom is -0.733 e. The zero-order valence-electron chi connectivity index (χ0n) is 9.80. The Kier molecular flexibility index (Phi) is 6.14. The molecule has 18 heavy (non-hydrogen) atoms. The maximum Gasteiger partial charge on any atom is 0.134 e. The number of hydroxylamine groups is 3. The predicted molar refractivity (Wildman–Crippen MR) is 71.0 cm³/mol. The summed E-state index contributed by atoms with van der Waals surface area (Å²) in [5.74, 6) is 0.660. The van der Waals surface area contributed by atoms with Gasteiger partial charge in [-0.25, -0.2) is 5.21 Å². The number of rotatable bonds is 7. The minimum absolute atomic E-state index is 0.143. The number of alkyl halides is 2. The van der Waals surface area contributed by atoms with Crippen LogP contribution in [0, 0.1) is 5.21 Å². The van der Waals surface area contributed by atoms with Crippen LogP contribution in [0.25, 0.3) is 0 Å². The van der Waals surface area contributed by atoms with Crippen LogP contribution in [0.4, 0.5) is 5.69 Å². The van der Waals surface area contributed by atoms with Crippen molar-refractivity contribution in [2.24, 2.45) is 0 Å². The van der Waals surface area contributed by atoms with Gasteiger partial charge in [-0.1, -0.05) is 12.1 Å². The Hall–Kier alpha value is -0.560. The first-order valence-electron chi connectivity index (χ1n) is 5.46. The Labute approximate surface area is 116 Å². The molecule has 0 atom stereocenters. The molecule has 102 valence electrons. The zero-order chi connectivity index (χ0) is 13.6. The summed E-state index contributed by atoms with van der Waals surface area (Å²) in [6.45, 7) is 1.14. The topological polar surface area (TPSA) is 66.8 Å². The normalized spacial score (nSPS) is 11.6. The summed E-state index contributed by atoms with van der Waals surface area (Å²) in [5, 5.41) is 29.4. The van der Waals surface area contributed by atoms with Crippen molar-refractivity contribution in [1.29, 1.82) is 0 Å². The Morgan fingerprint density at radius 1 is 1.11 bits per heavy atom. The van der Waals surface area contributed by atoms with Crippen LogP contribution in [0.3, 0.4) is 0 Å². The third-order valence-electron chi connectivity index (χ3n) is 2.64. The van der Waals surface area contributed by atoms with Gasteiger partial charge in [0, 0.05) is 5.56 Å². The quantitative estimate of drug-likeness (QED) is 0.461. The van der Waals surface area contributed by atoms with E-state index >= 15 is 0 Å². The van der Waals surface area contributed by atoms with Crippen LogP contribution >= 0.6 is 23.2 Å². The van der Waals surface area contributed by atoms with Gasteiger partial charge in [0.15, 0.2) is 0 Å². The summed E-state index contributed by atoms with van der Waals surface area (Å²) in [7, 11) is 0. The Morgan fingerprint density at radius 2 is 1.61 bits per heavy atom. The summed E-state index contributed by atoms with van der Waals surface area (Å²) in [4.78, 5) is 0. The highest BCUT2D eigenvalue weighted by molar-refractivity contribution is 6.18. The molecular formula is C11H16Cl2N2O3. The number of hydrogen-bond acceptors (Lipinski definition) is 4. The number of halogens is 2. The second kappa shape index (κ2) is 7.13. The lowest BCUT2D eigenvalue weighted by Gasteiger charge is -2.29. The second-order valence-electron chi connectivity index (χ2n) is 4.02. The van der Waals surface area contributed by atoms with Gasteiger partial charge in [-0.05, 0) is 12.1 Å². The smallest absolute Gasteiger partial charge is 0.134 e. The van der Waals surface area contributed by atoms with Crippen molar-refractivity contribution in [3.05, 3.63) is 35.0 Å². The molecule has 0 saturated carbocycles. The molecular weight excluding hydrogens is 279 g/mol. The SMILES string of the molecule is [O-]N(O)c1ccc(C[N+](O)(CCCl)CCCl)cc1. The highest BCUT2D eigenvalue weighted by atomic mass is 35.5. The Bertz CT molecular complexity index is 354. The summed E-state index contributed by atoms with van der Waals surface area (Å²) < 4.78 is -0.243. The molecule has 0 spiro atoms. The second-order valence-corrected chi connectivity index (χ2v) is 4.77. The van der Waals surface area contributed by atoms with Gasteiger partial charge in [0.05, 0.1) is 17.4 Å². The standard InChI is InChI=1S/C11H16Cl2N2O3/c12-5-7-15(18,8-6-13)9-10-1-3-11(4-2-10)14(16)17/h1-4,16,18H,5-9H2. The van der Waals surface area contributed by atoms with Crippen LogP contribution < -0.4 is 5.23 Å². The summed E-state index contributed by atoms with van der Waals surface area (Å²) in [6.07, 6.45) is 0. The molecule has 0 amide bonds. The van der Waals surface area contributed by atoms with Crippen molar-refractivity contribution in [1.82, 2.24) is 0 Å². The predicted octanol–water partition coefficient (Wildman–Crippen LogP) is 2.56. The number of quaternary nitrogens is 1. The molecule has 0 heterocycles. The van der Waals surface area contributed by atoms with E-state index in [1.165, 1.54) is 12.1 Å². The Morgan fingerprint density at radius 3 is 2.00 bits per heavy atom. The number of hydrogen-bond donors (Lipinski definition) is 2. The van der Waals surface area contributed by atoms with Crippen molar-refractivity contribution in [2.45, 2.75) is 6.54 Å². The van der Waals surface area contributed by atoms with Gasteiger partial charge in [0.1, 0.15) is 19.6 Å². The monoisotopic (exact) mass is 294 g/mol. The van der Waals surface area contributed by atoms with Crippen molar-refractivity contribution >= 4 is 28.9 Å². The molecule has 1 aromatic carbocycles. The summed E-state index contributed by atoms with van der Waals surface area (Å²) in [6, 6.07) is 6.30. The molecule has 5 nitrogen and oxygen atoms in total. The van der Waals surface area contributed by atoms with E-state index in [4.69, 9.17) is 28.4 Å². The van der Waals surface area contributed by atoms with Gasteiger partial charge in [0.25, 0.3) is 0 Å². The molecule has 0 fully saturated rings. The maximum atomic E-state index is 10.6. The van der Waals surface area contributed by atoms with Gasteiger partial charge in [-0.3, -0.25) is 5.21 Å². The summed E-state index contributed by atoms with van der Waals surface area (Å²) in [5.41, 5.74) is 0.975. The van der Waals surface area contributed by atoms with E-state index in [1.807, 2.05) is 0 Å². The third kappa shape index (κ3) is 4.61. The number of nitrogens with zero attached hydrogens (tertiary/aromatic N) is 2. The molecule has 0 bridgehead atoms. The molecule has 0 radical (unpaired) electrons. The van der Waals surface area contributed by atoms with Crippen LogP contribution in [0.1, 0.15) is 5.56 Å².